The molecule has 2 aromatic heterocycles. The average molecular weight is 407 g/mol. The molecule has 1 saturated heterocycles. The van der Waals surface area contributed by atoms with Crippen molar-refractivity contribution in [2.24, 2.45) is 5.92 Å². The molecule has 0 aliphatic carbocycles. The molecule has 6 nitrogen and oxygen atoms in total. The van der Waals surface area contributed by atoms with Crippen LogP contribution >= 0.6 is 12.4 Å². The van der Waals surface area contributed by atoms with E-state index in [0.717, 1.165) is 47.7 Å². The van der Waals surface area contributed by atoms with Gasteiger partial charge >= 0.3 is 0 Å². The minimum atomic E-state index is 0. The molecule has 0 atom stereocenters. The lowest BCUT2D eigenvalue weighted by molar-refractivity contribution is 0.318. The largest absolute Gasteiger partial charge is 0.317 e. The van der Waals surface area contributed by atoms with E-state index in [9.17, 15) is 0 Å². The predicted octanol–water partition coefficient (Wildman–Crippen LogP) is 3.98. The number of benzene rings is 2. The number of hydrogen-bond acceptors (Lipinski definition) is 5. The molecule has 3 heterocycles. The molecule has 7 heteroatoms. The van der Waals surface area contributed by atoms with Gasteiger partial charge in [-0.05, 0) is 42.6 Å². The Morgan fingerprint density at radius 3 is 2.55 bits per heavy atom. The van der Waals surface area contributed by atoms with Gasteiger partial charge < -0.3 is 5.32 Å². The van der Waals surface area contributed by atoms with Crippen LogP contribution in [0, 0.1) is 5.92 Å². The fourth-order valence-corrected chi connectivity index (χ4v) is 3.87. The number of rotatable bonds is 4. The lowest BCUT2D eigenvalue weighted by atomic mass is 9.98. The highest BCUT2D eigenvalue weighted by Crippen LogP contribution is 2.26. The number of nitrogens with one attached hydrogen (secondary N) is 1. The van der Waals surface area contributed by atoms with Crippen molar-refractivity contribution in [1.82, 2.24) is 30.3 Å². The quantitative estimate of drug-likeness (QED) is 0.555. The molecule has 1 fully saturated rings. The zero-order valence-corrected chi connectivity index (χ0v) is 16.8. The van der Waals surface area contributed by atoms with Crippen LogP contribution in [-0.4, -0.2) is 38.1 Å². The Bertz CT molecular complexity index is 1080. The highest BCUT2D eigenvalue weighted by atomic mass is 35.5. The van der Waals surface area contributed by atoms with Gasteiger partial charge in [0.2, 0.25) is 0 Å². The van der Waals surface area contributed by atoms with Crippen molar-refractivity contribution in [1.29, 1.82) is 0 Å². The Hall–Kier alpha value is -2.83. The first-order valence-corrected chi connectivity index (χ1v) is 9.78. The minimum absolute atomic E-state index is 0. The Kier molecular flexibility index (Phi) is 5.83. The molecule has 0 spiro atoms. The van der Waals surface area contributed by atoms with Crippen LogP contribution in [0.1, 0.15) is 12.8 Å². The molecule has 29 heavy (non-hydrogen) atoms. The van der Waals surface area contributed by atoms with E-state index < -0.39 is 0 Å². The average Bonchev–Trinajstić information content (AvgIpc) is 3.23. The Labute approximate surface area is 175 Å². The summed E-state index contributed by atoms with van der Waals surface area (Å²) in [5.74, 6) is 1.39. The minimum Gasteiger partial charge on any atom is -0.317 e. The van der Waals surface area contributed by atoms with Gasteiger partial charge in [-0.25, -0.2) is 9.97 Å². The van der Waals surface area contributed by atoms with Gasteiger partial charge in [-0.1, -0.05) is 47.7 Å². The second-order valence-corrected chi connectivity index (χ2v) is 7.34. The number of nitrogens with zero attached hydrogens (tertiary/aromatic N) is 5. The molecule has 0 bridgehead atoms. The van der Waals surface area contributed by atoms with Crippen LogP contribution in [0.3, 0.4) is 0 Å². The maximum Gasteiger partial charge on any atom is 0.159 e. The lowest BCUT2D eigenvalue weighted by Crippen LogP contribution is -2.30. The zero-order chi connectivity index (χ0) is 18.8. The maximum atomic E-state index is 4.60. The van der Waals surface area contributed by atoms with Crippen molar-refractivity contribution in [2.45, 2.75) is 19.4 Å². The normalized spacial score (nSPS) is 14.6. The molecule has 0 amide bonds. The SMILES string of the molecule is Cl.c1ccc2c(-c3ncc(-c4cn(CC5CCNCC5)nn4)cn3)cccc2c1. The number of fused-ring (bicyclic) bond motifs is 1. The fraction of sp³-hybridized carbons (Fsp3) is 0.273. The van der Waals surface area contributed by atoms with Crippen molar-refractivity contribution < 1.29 is 0 Å². The first-order valence-electron chi connectivity index (χ1n) is 9.78. The van der Waals surface area contributed by atoms with E-state index in [1.54, 1.807) is 0 Å². The second-order valence-electron chi connectivity index (χ2n) is 7.34. The van der Waals surface area contributed by atoms with Gasteiger partial charge in [-0.2, -0.15) is 0 Å². The molecular formula is C22H23ClN6. The topological polar surface area (TPSA) is 68.5 Å². The first kappa shape index (κ1) is 19.5. The van der Waals surface area contributed by atoms with Crippen LogP contribution < -0.4 is 5.32 Å². The standard InChI is InChI=1S/C22H22N6.ClH/c1-2-6-19-17(4-1)5-3-7-20(19)22-24-12-18(13-25-22)21-15-28(27-26-21)14-16-8-10-23-11-9-16;/h1-7,12-13,15-16,23H,8-11,14H2;1H. The van der Waals surface area contributed by atoms with E-state index >= 15 is 0 Å². The van der Waals surface area contributed by atoms with Crippen LogP contribution in [-0.2, 0) is 6.54 Å². The summed E-state index contributed by atoms with van der Waals surface area (Å²) >= 11 is 0. The van der Waals surface area contributed by atoms with Gasteiger partial charge in [0.05, 0.1) is 6.20 Å². The smallest absolute Gasteiger partial charge is 0.159 e. The van der Waals surface area contributed by atoms with E-state index in [0.29, 0.717) is 5.92 Å². The number of hydrogen-bond donors (Lipinski definition) is 1. The van der Waals surface area contributed by atoms with Crippen LogP contribution in [0.5, 0.6) is 0 Å². The van der Waals surface area contributed by atoms with Crippen LogP contribution in [0.2, 0.25) is 0 Å². The second kappa shape index (κ2) is 8.68. The molecule has 4 aromatic rings. The molecule has 0 unspecified atom stereocenters. The molecule has 1 aliphatic rings. The molecule has 2 aromatic carbocycles. The number of piperidine rings is 1. The van der Waals surface area contributed by atoms with E-state index in [4.69, 9.17) is 0 Å². The first-order chi connectivity index (χ1) is 13.9. The van der Waals surface area contributed by atoms with Gasteiger partial charge in [0.15, 0.2) is 5.82 Å². The van der Waals surface area contributed by atoms with E-state index in [1.165, 1.54) is 18.2 Å². The molecule has 148 valence electrons. The summed E-state index contributed by atoms with van der Waals surface area (Å²) in [6.45, 7) is 3.11. The molecule has 0 radical (unpaired) electrons. The summed E-state index contributed by atoms with van der Waals surface area (Å²) in [5.41, 5.74) is 2.75. The van der Waals surface area contributed by atoms with Gasteiger partial charge in [-0.3, -0.25) is 4.68 Å². The third-order valence-electron chi connectivity index (χ3n) is 5.42. The van der Waals surface area contributed by atoms with Crippen molar-refractivity contribution >= 4 is 23.2 Å². The third kappa shape index (κ3) is 4.13. The van der Waals surface area contributed by atoms with E-state index in [-0.39, 0.29) is 12.4 Å². The summed E-state index contributed by atoms with van der Waals surface area (Å²) in [6, 6.07) is 14.5. The Balaban J connectivity index is 0.00000205. The monoisotopic (exact) mass is 406 g/mol. The highest BCUT2D eigenvalue weighted by Gasteiger charge is 2.15. The molecule has 1 aliphatic heterocycles. The predicted molar refractivity (Wildman–Crippen MR) is 117 cm³/mol. The number of aromatic nitrogens is 5. The summed E-state index contributed by atoms with van der Waals surface area (Å²) in [4.78, 5) is 9.21. The van der Waals surface area contributed by atoms with Gasteiger partial charge in [0.1, 0.15) is 5.69 Å². The fourth-order valence-electron chi connectivity index (χ4n) is 3.87. The summed E-state index contributed by atoms with van der Waals surface area (Å²) in [5, 5.41) is 14.4. The molecular weight excluding hydrogens is 384 g/mol. The van der Waals surface area contributed by atoms with Crippen molar-refractivity contribution in [2.75, 3.05) is 13.1 Å². The summed E-state index contributed by atoms with van der Waals surface area (Å²) in [6.07, 6.45) is 8.06. The van der Waals surface area contributed by atoms with E-state index in [1.807, 2.05) is 41.5 Å². The highest BCUT2D eigenvalue weighted by molar-refractivity contribution is 5.95. The van der Waals surface area contributed by atoms with Crippen molar-refractivity contribution in [3.8, 4) is 22.6 Å². The zero-order valence-electron chi connectivity index (χ0n) is 16.0. The Morgan fingerprint density at radius 1 is 0.966 bits per heavy atom. The van der Waals surface area contributed by atoms with Crippen molar-refractivity contribution in [3.05, 3.63) is 61.1 Å². The molecule has 1 N–H and O–H groups in total. The van der Waals surface area contributed by atoms with Crippen LogP contribution in [0.25, 0.3) is 33.4 Å². The van der Waals surface area contributed by atoms with Gasteiger partial charge in [-0.15, -0.1) is 17.5 Å². The van der Waals surface area contributed by atoms with Crippen molar-refractivity contribution in [3.63, 3.8) is 0 Å². The maximum absolute atomic E-state index is 4.60. The summed E-state index contributed by atoms with van der Waals surface area (Å²) in [7, 11) is 0. The van der Waals surface area contributed by atoms with Gasteiger partial charge in [0, 0.05) is 30.1 Å². The van der Waals surface area contributed by atoms with Crippen LogP contribution in [0.4, 0.5) is 0 Å². The molecule has 0 saturated carbocycles. The Morgan fingerprint density at radius 2 is 1.72 bits per heavy atom. The number of halogens is 1. The van der Waals surface area contributed by atoms with Crippen LogP contribution in [0.15, 0.2) is 61.1 Å². The summed E-state index contributed by atoms with van der Waals surface area (Å²) < 4.78 is 1.95. The lowest BCUT2D eigenvalue weighted by Gasteiger charge is -2.21. The third-order valence-corrected chi connectivity index (χ3v) is 5.42. The van der Waals surface area contributed by atoms with Gasteiger partial charge in [0.25, 0.3) is 0 Å². The van der Waals surface area contributed by atoms with E-state index in [2.05, 4.69) is 49.9 Å². The molecule has 5 rings (SSSR count).